The average molecular weight is 320 g/mol. The van der Waals surface area contributed by atoms with Crippen LogP contribution < -0.4 is 0 Å². The molecule has 0 spiro atoms. The Morgan fingerprint density at radius 3 is 2.00 bits per heavy atom. The summed E-state index contributed by atoms with van der Waals surface area (Å²) in [6, 6.07) is 6.13. The molecule has 0 aliphatic rings. The number of alkyl halides is 1. The van der Waals surface area contributed by atoms with E-state index in [1.54, 1.807) is 0 Å². The Kier molecular flexibility index (Phi) is 4.28. The molecule has 0 saturated carbocycles. The molecular weight excluding hydrogens is 307 g/mol. The minimum absolute atomic E-state index is 0.248. The van der Waals surface area contributed by atoms with Gasteiger partial charge < -0.3 is 0 Å². The highest BCUT2D eigenvalue weighted by Crippen LogP contribution is 2.42. The molecule has 0 nitrogen and oxygen atoms in total. The number of rotatable bonds is 2. The van der Waals surface area contributed by atoms with E-state index in [9.17, 15) is 0 Å². The first-order valence-electron chi connectivity index (χ1n) is 5.56. The SMILES string of the molecule is Cc1cc(C)c(C(Cl)c2cc(Cl)sc2Cl)c(C)c1. The predicted molar refractivity (Wildman–Crippen MR) is 82.7 cm³/mol. The van der Waals surface area contributed by atoms with Gasteiger partial charge in [0.05, 0.1) is 14.0 Å². The van der Waals surface area contributed by atoms with E-state index in [0.29, 0.717) is 8.67 Å². The van der Waals surface area contributed by atoms with Crippen LogP contribution in [-0.4, -0.2) is 0 Å². The third-order valence-electron chi connectivity index (χ3n) is 2.95. The van der Waals surface area contributed by atoms with E-state index >= 15 is 0 Å². The van der Waals surface area contributed by atoms with E-state index in [-0.39, 0.29) is 5.38 Å². The summed E-state index contributed by atoms with van der Waals surface area (Å²) in [5, 5.41) is -0.248. The zero-order valence-corrected chi connectivity index (χ0v) is 13.4. The zero-order valence-electron chi connectivity index (χ0n) is 10.4. The van der Waals surface area contributed by atoms with Gasteiger partial charge in [-0.25, -0.2) is 0 Å². The van der Waals surface area contributed by atoms with Crippen LogP contribution in [0.15, 0.2) is 18.2 Å². The van der Waals surface area contributed by atoms with Gasteiger partial charge in [0, 0.05) is 5.56 Å². The summed E-state index contributed by atoms with van der Waals surface area (Å²) in [6.45, 7) is 6.24. The predicted octanol–water partition coefficient (Wildman–Crippen LogP) is 6.31. The Morgan fingerprint density at radius 2 is 1.56 bits per heavy atom. The molecule has 0 N–H and O–H groups in total. The molecule has 2 rings (SSSR count). The Hall–Kier alpha value is -0.210. The number of halogens is 3. The molecule has 0 fully saturated rings. The van der Waals surface area contributed by atoms with Gasteiger partial charge in [0.1, 0.15) is 0 Å². The van der Waals surface area contributed by atoms with Crippen molar-refractivity contribution in [1.82, 2.24) is 0 Å². The molecule has 0 bridgehead atoms. The Bertz CT molecular complexity index is 564. The summed E-state index contributed by atoms with van der Waals surface area (Å²) >= 11 is 20.1. The second-order valence-corrected chi connectivity index (χ2v) is 7.18. The van der Waals surface area contributed by atoms with E-state index in [4.69, 9.17) is 34.8 Å². The molecule has 0 saturated heterocycles. The van der Waals surface area contributed by atoms with Gasteiger partial charge in [0.15, 0.2) is 0 Å². The van der Waals surface area contributed by atoms with Gasteiger partial charge in [0.2, 0.25) is 0 Å². The van der Waals surface area contributed by atoms with E-state index in [2.05, 4.69) is 32.9 Å². The maximum absolute atomic E-state index is 6.58. The Labute approximate surface area is 126 Å². The van der Waals surface area contributed by atoms with Crippen molar-refractivity contribution in [2.75, 3.05) is 0 Å². The normalized spacial score (nSPS) is 12.8. The fourth-order valence-electron chi connectivity index (χ4n) is 2.27. The standard InChI is InChI=1S/C14H13Cl3S/c1-7-4-8(2)12(9(3)5-7)13(16)10-6-11(15)18-14(10)17/h4-6,13H,1-3H3. The van der Waals surface area contributed by atoms with Gasteiger partial charge in [-0.15, -0.1) is 22.9 Å². The van der Waals surface area contributed by atoms with Crippen LogP contribution in [0.3, 0.4) is 0 Å². The molecule has 1 heterocycles. The van der Waals surface area contributed by atoms with Crippen LogP contribution in [-0.2, 0) is 0 Å². The van der Waals surface area contributed by atoms with Crippen LogP contribution in [0.4, 0.5) is 0 Å². The molecule has 0 aliphatic heterocycles. The molecule has 1 atom stereocenters. The Balaban J connectivity index is 2.52. The van der Waals surface area contributed by atoms with Crippen molar-refractivity contribution in [3.8, 4) is 0 Å². The van der Waals surface area contributed by atoms with Crippen molar-refractivity contribution in [2.24, 2.45) is 0 Å². The van der Waals surface area contributed by atoms with Gasteiger partial charge in [-0.05, 0) is 43.5 Å². The monoisotopic (exact) mass is 318 g/mol. The third-order valence-corrected chi connectivity index (χ3v) is 4.92. The van der Waals surface area contributed by atoms with Crippen LogP contribution in [0.2, 0.25) is 8.67 Å². The summed E-state index contributed by atoms with van der Waals surface area (Å²) in [4.78, 5) is 0. The number of benzene rings is 1. The van der Waals surface area contributed by atoms with Gasteiger partial charge in [-0.3, -0.25) is 0 Å². The van der Waals surface area contributed by atoms with Crippen LogP contribution >= 0.6 is 46.1 Å². The molecule has 0 aliphatic carbocycles. The van der Waals surface area contributed by atoms with Crippen LogP contribution in [0.1, 0.15) is 33.2 Å². The second-order valence-electron chi connectivity index (χ2n) is 4.45. The lowest BCUT2D eigenvalue weighted by Gasteiger charge is -2.16. The highest BCUT2D eigenvalue weighted by Gasteiger charge is 2.20. The molecule has 4 heteroatoms. The van der Waals surface area contributed by atoms with Crippen molar-refractivity contribution in [3.63, 3.8) is 0 Å². The van der Waals surface area contributed by atoms with Crippen molar-refractivity contribution in [1.29, 1.82) is 0 Å². The van der Waals surface area contributed by atoms with Crippen molar-refractivity contribution in [2.45, 2.75) is 26.1 Å². The van der Waals surface area contributed by atoms with Gasteiger partial charge in [0.25, 0.3) is 0 Å². The summed E-state index contributed by atoms with van der Waals surface area (Å²) in [5.41, 5.74) is 5.63. The summed E-state index contributed by atoms with van der Waals surface area (Å²) in [5.74, 6) is 0. The van der Waals surface area contributed by atoms with E-state index < -0.39 is 0 Å². The minimum atomic E-state index is -0.248. The molecule has 1 aromatic heterocycles. The van der Waals surface area contributed by atoms with E-state index in [0.717, 1.165) is 11.1 Å². The van der Waals surface area contributed by atoms with Crippen molar-refractivity contribution in [3.05, 3.63) is 54.7 Å². The first-order valence-corrected chi connectivity index (χ1v) is 7.57. The van der Waals surface area contributed by atoms with Gasteiger partial charge in [-0.1, -0.05) is 40.9 Å². The van der Waals surface area contributed by atoms with Gasteiger partial charge in [-0.2, -0.15) is 0 Å². The van der Waals surface area contributed by atoms with Crippen molar-refractivity contribution >= 4 is 46.1 Å². The number of hydrogen-bond acceptors (Lipinski definition) is 1. The number of hydrogen-bond donors (Lipinski definition) is 0. The largest absolute Gasteiger partial charge is 0.112 e. The quantitative estimate of drug-likeness (QED) is 0.569. The first kappa shape index (κ1) is 14.2. The molecular formula is C14H13Cl3S. The van der Waals surface area contributed by atoms with E-state index in [1.165, 1.54) is 28.0 Å². The lowest BCUT2D eigenvalue weighted by Crippen LogP contribution is -1.99. The van der Waals surface area contributed by atoms with Crippen LogP contribution in [0.5, 0.6) is 0 Å². The fraction of sp³-hybridized carbons (Fsp3) is 0.286. The third kappa shape index (κ3) is 2.70. The second kappa shape index (κ2) is 5.42. The highest BCUT2D eigenvalue weighted by molar-refractivity contribution is 7.20. The van der Waals surface area contributed by atoms with E-state index in [1.807, 2.05) is 6.07 Å². The molecule has 96 valence electrons. The lowest BCUT2D eigenvalue weighted by atomic mass is 9.95. The molecule has 0 radical (unpaired) electrons. The maximum Gasteiger partial charge on any atom is 0.0994 e. The molecule has 18 heavy (non-hydrogen) atoms. The highest BCUT2D eigenvalue weighted by atomic mass is 35.5. The van der Waals surface area contributed by atoms with Crippen molar-refractivity contribution < 1.29 is 0 Å². The Morgan fingerprint density at radius 1 is 1.00 bits per heavy atom. The summed E-state index contributed by atoms with van der Waals surface area (Å²) in [6.07, 6.45) is 0. The molecule has 0 amide bonds. The average Bonchev–Trinajstić information content (AvgIpc) is 2.56. The molecule has 2 aromatic rings. The maximum atomic E-state index is 6.58. The summed E-state index contributed by atoms with van der Waals surface area (Å²) < 4.78 is 1.34. The fourth-order valence-corrected chi connectivity index (χ4v) is 4.44. The topological polar surface area (TPSA) is 0 Å². The first-order chi connectivity index (χ1) is 8.40. The molecule has 1 aromatic carbocycles. The number of thiophene rings is 1. The smallest absolute Gasteiger partial charge is 0.0994 e. The minimum Gasteiger partial charge on any atom is -0.112 e. The van der Waals surface area contributed by atoms with Crippen LogP contribution in [0, 0.1) is 20.8 Å². The zero-order chi connectivity index (χ0) is 13.4. The van der Waals surface area contributed by atoms with Gasteiger partial charge >= 0.3 is 0 Å². The lowest BCUT2D eigenvalue weighted by molar-refractivity contribution is 1.08. The number of aryl methyl sites for hydroxylation is 3. The molecule has 1 unspecified atom stereocenters. The van der Waals surface area contributed by atoms with Crippen LogP contribution in [0.25, 0.3) is 0 Å². The summed E-state index contributed by atoms with van der Waals surface area (Å²) in [7, 11) is 0.